The average molecular weight is 286 g/mol. The van der Waals surface area contributed by atoms with Gasteiger partial charge in [0.15, 0.2) is 0 Å². The fourth-order valence-corrected chi connectivity index (χ4v) is 1.95. The quantitative estimate of drug-likeness (QED) is 0.831. The lowest BCUT2D eigenvalue weighted by molar-refractivity contribution is 0.280. The third kappa shape index (κ3) is 6.01. The molecule has 0 spiro atoms. The van der Waals surface area contributed by atoms with Crippen LogP contribution in [0.3, 0.4) is 0 Å². The maximum atomic E-state index is 8.97. The number of aliphatic hydroxyl groups excluding tert-OH is 1. The van der Waals surface area contributed by atoms with E-state index in [1.54, 1.807) is 0 Å². The topological polar surface area (TPSA) is 29.5 Å². The van der Waals surface area contributed by atoms with Crippen LogP contribution in [0.4, 0.5) is 0 Å². The Morgan fingerprint density at radius 2 is 1.33 bits per heavy atom. The van der Waals surface area contributed by atoms with Crippen LogP contribution >= 0.6 is 0 Å². The predicted molar refractivity (Wildman–Crippen MR) is 88.5 cm³/mol. The van der Waals surface area contributed by atoms with E-state index in [0.29, 0.717) is 6.61 Å². The molecule has 0 aliphatic heterocycles. The molecule has 0 atom stereocenters. The molecule has 2 heteroatoms. The Balaban J connectivity index is 0.00000106. The Kier molecular flexibility index (Phi) is 8.22. The standard InChI is InChI=1S/C17H20O2.C2H6/c1-2-3-14-4-6-16(7-5-14)13-19-17-10-8-15(12-18)9-11-17;1-2/h4-11,18H,2-3,12-13H2,1H3;1-2H3. The molecule has 0 amide bonds. The van der Waals surface area contributed by atoms with Gasteiger partial charge in [-0.15, -0.1) is 0 Å². The zero-order valence-electron chi connectivity index (χ0n) is 13.3. The third-order valence-corrected chi connectivity index (χ3v) is 3.07. The average Bonchev–Trinajstić information content (AvgIpc) is 2.57. The maximum absolute atomic E-state index is 8.97. The smallest absolute Gasteiger partial charge is 0.119 e. The third-order valence-electron chi connectivity index (χ3n) is 3.07. The van der Waals surface area contributed by atoms with Crippen molar-refractivity contribution >= 4 is 0 Å². The molecular formula is C19H26O2. The molecular weight excluding hydrogens is 260 g/mol. The molecule has 0 aromatic heterocycles. The van der Waals surface area contributed by atoms with Gasteiger partial charge in [-0.3, -0.25) is 0 Å². The van der Waals surface area contributed by atoms with Crippen molar-refractivity contribution in [2.24, 2.45) is 0 Å². The van der Waals surface area contributed by atoms with E-state index in [4.69, 9.17) is 9.84 Å². The number of aliphatic hydroxyl groups is 1. The van der Waals surface area contributed by atoms with Crippen LogP contribution in [0.2, 0.25) is 0 Å². The normalized spacial score (nSPS) is 9.71. The summed E-state index contributed by atoms with van der Waals surface area (Å²) < 4.78 is 5.71. The molecule has 0 fully saturated rings. The summed E-state index contributed by atoms with van der Waals surface area (Å²) in [4.78, 5) is 0. The molecule has 114 valence electrons. The van der Waals surface area contributed by atoms with Gasteiger partial charge in [0.25, 0.3) is 0 Å². The van der Waals surface area contributed by atoms with E-state index in [1.807, 2.05) is 38.1 Å². The first kappa shape index (κ1) is 17.3. The van der Waals surface area contributed by atoms with Gasteiger partial charge in [0, 0.05) is 0 Å². The largest absolute Gasteiger partial charge is 0.489 e. The van der Waals surface area contributed by atoms with Gasteiger partial charge in [0.2, 0.25) is 0 Å². The molecule has 0 aliphatic carbocycles. The Labute approximate surface area is 128 Å². The Morgan fingerprint density at radius 1 is 0.810 bits per heavy atom. The first-order valence-corrected chi connectivity index (χ1v) is 7.72. The van der Waals surface area contributed by atoms with Crippen LogP contribution in [0.15, 0.2) is 48.5 Å². The Hall–Kier alpha value is -1.80. The molecule has 0 radical (unpaired) electrons. The van der Waals surface area contributed by atoms with Crippen molar-refractivity contribution in [1.29, 1.82) is 0 Å². The van der Waals surface area contributed by atoms with Gasteiger partial charge in [-0.05, 0) is 35.2 Å². The zero-order chi connectivity index (χ0) is 15.5. The minimum atomic E-state index is 0.0686. The molecule has 0 aliphatic rings. The van der Waals surface area contributed by atoms with Crippen molar-refractivity contribution in [3.63, 3.8) is 0 Å². The maximum Gasteiger partial charge on any atom is 0.119 e. The summed E-state index contributed by atoms with van der Waals surface area (Å²) in [6.07, 6.45) is 2.30. The second-order valence-corrected chi connectivity index (χ2v) is 4.66. The summed E-state index contributed by atoms with van der Waals surface area (Å²) in [6, 6.07) is 16.1. The van der Waals surface area contributed by atoms with Gasteiger partial charge < -0.3 is 9.84 Å². The van der Waals surface area contributed by atoms with Gasteiger partial charge in [-0.25, -0.2) is 0 Å². The van der Waals surface area contributed by atoms with Gasteiger partial charge in [0.1, 0.15) is 12.4 Å². The van der Waals surface area contributed by atoms with Gasteiger partial charge >= 0.3 is 0 Å². The summed E-state index contributed by atoms with van der Waals surface area (Å²) in [6.45, 7) is 6.83. The van der Waals surface area contributed by atoms with E-state index in [-0.39, 0.29) is 6.61 Å². The van der Waals surface area contributed by atoms with Gasteiger partial charge in [0.05, 0.1) is 6.61 Å². The van der Waals surface area contributed by atoms with Crippen LogP contribution in [0.25, 0.3) is 0 Å². The second-order valence-electron chi connectivity index (χ2n) is 4.66. The molecule has 2 rings (SSSR count). The van der Waals surface area contributed by atoms with Crippen LogP contribution < -0.4 is 4.74 Å². The molecule has 0 saturated heterocycles. The highest BCUT2D eigenvalue weighted by Crippen LogP contribution is 2.15. The lowest BCUT2D eigenvalue weighted by Gasteiger charge is -2.07. The summed E-state index contributed by atoms with van der Waals surface area (Å²) in [5.74, 6) is 0.829. The van der Waals surface area contributed by atoms with E-state index < -0.39 is 0 Å². The minimum Gasteiger partial charge on any atom is -0.489 e. The van der Waals surface area contributed by atoms with Crippen LogP contribution in [0.1, 0.15) is 43.9 Å². The Morgan fingerprint density at radius 3 is 1.86 bits per heavy atom. The van der Waals surface area contributed by atoms with Crippen molar-refractivity contribution in [3.05, 3.63) is 65.2 Å². The highest BCUT2D eigenvalue weighted by molar-refractivity contribution is 5.28. The lowest BCUT2D eigenvalue weighted by atomic mass is 10.1. The number of aryl methyl sites for hydroxylation is 1. The SMILES string of the molecule is CC.CCCc1ccc(COc2ccc(CO)cc2)cc1. The fourth-order valence-electron chi connectivity index (χ4n) is 1.95. The highest BCUT2D eigenvalue weighted by atomic mass is 16.5. The molecule has 1 N–H and O–H groups in total. The van der Waals surface area contributed by atoms with Crippen molar-refractivity contribution in [1.82, 2.24) is 0 Å². The van der Waals surface area contributed by atoms with E-state index >= 15 is 0 Å². The second kappa shape index (κ2) is 10.0. The highest BCUT2D eigenvalue weighted by Gasteiger charge is 1.97. The van der Waals surface area contributed by atoms with Gasteiger partial charge in [-0.2, -0.15) is 0 Å². The number of hydrogen-bond donors (Lipinski definition) is 1. The fraction of sp³-hybridized carbons (Fsp3) is 0.368. The molecule has 21 heavy (non-hydrogen) atoms. The number of hydrogen-bond acceptors (Lipinski definition) is 2. The first-order chi connectivity index (χ1) is 10.3. The van der Waals surface area contributed by atoms with Crippen LogP contribution in [-0.2, 0) is 19.6 Å². The lowest BCUT2D eigenvalue weighted by Crippen LogP contribution is -1.96. The summed E-state index contributed by atoms with van der Waals surface area (Å²) in [5.41, 5.74) is 3.45. The number of rotatable bonds is 6. The van der Waals surface area contributed by atoms with Crippen molar-refractivity contribution in [2.45, 2.75) is 46.8 Å². The van der Waals surface area contributed by atoms with Crippen molar-refractivity contribution in [3.8, 4) is 5.75 Å². The van der Waals surface area contributed by atoms with Crippen LogP contribution in [0.5, 0.6) is 5.75 Å². The predicted octanol–water partition coefficient (Wildman–Crippen LogP) is 4.74. The van der Waals surface area contributed by atoms with E-state index in [2.05, 4.69) is 31.2 Å². The summed E-state index contributed by atoms with van der Waals surface area (Å²) in [5, 5.41) is 8.97. The monoisotopic (exact) mass is 286 g/mol. The number of ether oxygens (including phenoxy) is 1. The van der Waals surface area contributed by atoms with E-state index in [9.17, 15) is 0 Å². The van der Waals surface area contributed by atoms with Crippen molar-refractivity contribution < 1.29 is 9.84 Å². The van der Waals surface area contributed by atoms with Gasteiger partial charge in [-0.1, -0.05) is 63.6 Å². The summed E-state index contributed by atoms with van der Waals surface area (Å²) in [7, 11) is 0. The molecule has 0 saturated carbocycles. The molecule has 0 bridgehead atoms. The van der Waals surface area contributed by atoms with Crippen LogP contribution in [0, 0.1) is 0 Å². The van der Waals surface area contributed by atoms with E-state index in [1.165, 1.54) is 17.5 Å². The molecule has 2 aromatic carbocycles. The molecule has 0 unspecified atom stereocenters. The number of benzene rings is 2. The first-order valence-electron chi connectivity index (χ1n) is 7.72. The minimum absolute atomic E-state index is 0.0686. The molecule has 2 nitrogen and oxygen atoms in total. The molecule has 0 heterocycles. The summed E-state index contributed by atoms with van der Waals surface area (Å²) >= 11 is 0. The molecule has 2 aromatic rings. The Bertz CT molecular complexity index is 486. The van der Waals surface area contributed by atoms with E-state index in [0.717, 1.165) is 17.7 Å². The van der Waals surface area contributed by atoms with Crippen molar-refractivity contribution in [2.75, 3.05) is 0 Å². The zero-order valence-corrected chi connectivity index (χ0v) is 13.3. The van der Waals surface area contributed by atoms with Crippen LogP contribution in [-0.4, -0.2) is 5.11 Å².